The lowest BCUT2D eigenvalue weighted by Crippen LogP contribution is -2.33. The molecule has 78 valence electrons. The Labute approximate surface area is 83.6 Å². The second-order valence-corrected chi connectivity index (χ2v) is 3.76. The number of hydrogen-bond donors (Lipinski definition) is 4. The molecule has 0 aliphatic carbocycles. The van der Waals surface area contributed by atoms with Crippen LogP contribution in [0.1, 0.15) is 16.0 Å². The predicted molar refractivity (Wildman–Crippen MR) is 48.2 cm³/mol. The Kier molecular flexibility index (Phi) is 3.53. The lowest BCUT2D eigenvalue weighted by atomic mass is 10.2. The lowest BCUT2D eigenvalue weighted by molar-refractivity contribution is -0.131. The summed E-state index contributed by atoms with van der Waals surface area (Å²) >= 11 is 1.01. The van der Waals surface area contributed by atoms with Crippen LogP contribution in [-0.2, 0) is 11.4 Å². The van der Waals surface area contributed by atoms with Crippen LogP contribution < -0.4 is 5.73 Å². The van der Waals surface area contributed by atoms with E-state index in [4.69, 9.17) is 15.9 Å². The first-order valence-electron chi connectivity index (χ1n) is 3.77. The number of nitrogens with zero attached hydrogens (tertiary/aromatic N) is 1. The van der Waals surface area contributed by atoms with Crippen molar-refractivity contribution in [3.05, 3.63) is 16.1 Å². The summed E-state index contributed by atoms with van der Waals surface area (Å²) in [6.45, 7) is -0.197. The summed E-state index contributed by atoms with van der Waals surface area (Å²) in [5.41, 5.74) is 4.79. The van der Waals surface area contributed by atoms with E-state index in [1.54, 1.807) is 0 Å². The number of primary amides is 1. The molecule has 1 heterocycles. The maximum atomic E-state index is 10.5. The first-order valence-corrected chi connectivity index (χ1v) is 4.58. The Morgan fingerprint density at radius 3 is 2.71 bits per heavy atom. The van der Waals surface area contributed by atoms with Crippen molar-refractivity contribution < 1.29 is 20.1 Å². The van der Waals surface area contributed by atoms with Crippen LogP contribution >= 0.6 is 11.3 Å². The second kappa shape index (κ2) is 4.47. The molecule has 14 heavy (non-hydrogen) atoms. The van der Waals surface area contributed by atoms with Gasteiger partial charge >= 0.3 is 0 Å². The fourth-order valence-corrected chi connectivity index (χ4v) is 1.62. The average Bonchev–Trinajstić information content (AvgIpc) is 2.63. The number of carbonyl (C=O) groups excluding carboxylic acids is 1. The SMILES string of the molecule is NC(=O)C(O)C(O)c1ncc(CO)s1. The molecule has 0 aromatic carbocycles. The maximum absolute atomic E-state index is 10.5. The van der Waals surface area contributed by atoms with Crippen LogP contribution in [0, 0.1) is 0 Å². The van der Waals surface area contributed by atoms with Gasteiger partial charge in [0, 0.05) is 6.20 Å². The molecule has 7 heteroatoms. The Morgan fingerprint density at radius 1 is 1.64 bits per heavy atom. The Morgan fingerprint density at radius 2 is 2.29 bits per heavy atom. The fraction of sp³-hybridized carbons (Fsp3) is 0.429. The Balaban J connectivity index is 2.78. The molecule has 2 unspecified atom stereocenters. The van der Waals surface area contributed by atoms with Gasteiger partial charge in [0.05, 0.1) is 11.5 Å². The first kappa shape index (κ1) is 11.1. The molecule has 1 amide bonds. The van der Waals surface area contributed by atoms with Crippen LogP contribution in [0.3, 0.4) is 0 Å². The van der Waals surface area contributed by atoms with Gasteiger partial charge in [-0.2, -0.15) is 0 Å². The molecule has 1 aromatic heterocycles. The van der Waals surface area contributed by atoms with Crippen molar-refractivity contribution in [2.45, 2.75) is 18.8 Å². The van der Waals surface area contributed by atoms with E-state index >= 15 is 0 Å². The van der Waals surface area contributed by atoms with Crippen molar-refractivity contribution in [1.82, 2.24) is 4.98 Å². The highest BCUT2D eigenvalue weighted by Crippen LogP contribution is 2.22. The molecule has 0 fully saturated rings. The summed E-state index contributed by atoms with van der Waals surface area (Å²) in [5, 5.41) is 27.4. The van der Waals surface area contributed by atoms with Crippen LogP contribution in [0.2, 0.25) is 0 Å². The van der Waals surface area contributed by atoms with E-state index in [9.17, 15) is 9.90 Å². The van der Waals surface area contributed by atoms with E-state index < -0.39 is 18.1 Å². The van der Waals surface area contributed by atoms with Crippen LogP contribution in [0.15, 0.2) is 6.20 Å². The highest BCUT2D eigenvalue weighted by molar-refractivity contribution is 7.11. The molecule has 5 N–H and O–H groups in total. The van der Waals surface area contributed by atoms with E-state index in [0.717, 1.165) is 11.3 Å². The number of hydrogen-bond acceptors (Lipinski definition) is 6. The van der Waals surface area contributed by atoms with E-state index in [0.29, 0.717) is 4.88 Å². The van der Waals surface area contributed by atoms with Crippen LogP contribution in [0.4, 0.5) is 0 Å². The van der Waals surface area contributed by atoms with E-state index in [-0.39, 0.29) is 11.6 Å². The fourth-order valence-electron chi connectivity index (χ4n) is 0.823. The molecule has 1 aromatic rings. The molecule has 0 aliphatic rings. The summed E-state index contributed by atoms with van der Waals surface area (Å²) in [7, 11) is 0. The first-order chi connectivity index (χ1) is 6.56. The molecule has 0 aliphatic heterocycles. The smallest absolute Gasteiger partial charge is 0.249 e. The van der Waals surface area contributed by atoms with Crippen LogP contribution in [0.5, 0.6) is 0 Å². The zero-order valence-electron chi connectivity index (χ0n) is 7.12. The summed E-state index contributed by atoms with van der Waals surface area (Å²) < 4.78 is 0. The minimum absolute atomic E-state index is 0.153. The van der Waals surface area contributed by atoms with Gasteiger partial charge < -0.3 is 21.1 Å². The summed E-state index contributed by atoms with van der Waals surface area (Å²) in [6, 6.07) is 0. The zero-order chi connectivity index (χ0) is 10.7. The van der Waals surface area contributed by atoms with Crippen LogP contribution in [-0.4, -0.2) is 32.3 Å². The molecule has 0 saturated carbocycles. The maximum Gasteiger partial charge on any atom is 0.249 e. The number of nitrogens with two attached hydrogens (primary N) is 1. The Hall–Kier alpha value is -1.02. The number of carbonyl (C=O) groups is 1. The lowest BCUT2D eigenvalue weighted by Gasteiger charge is -2.11. The van der Waals surface area contributed by atoms with Gasteiger partial charge in [0.25, 0.3) is 0 Å². The van der Waals surface area contributed by atoms with Gasteiger partial charge in [0.2, 0.25) is 5.91 Å². The number of amides is 1. The van der Waals surface area contributed by atoms with Crippen molar-refractivity contribution in [2.75, 3.05) is 0 Å². The van der Waals surface area contributed by atoms with Crippen molar-refractivity contribution in [1.29, 1.82) is 0 Å². The highest BCUT2D eigenvalue weighted by atomic mass is 32.1. The van der Waals surface area contributed by atoms with Crippen LogP contribution in [0.25, 0.3) is 0 Å². The topological polar surface area (TPSA) is 117 Å². The van der Waals surface area contributed by atoms with Gasteiger partial charge in [0.15, 0.2) is 6.10 Å². The molecular weight excluding hydrogens is 208 g/mol. The van der Waals surface area contributed by atoms with Gasteiger partial charge in [-0.15, -0.1) is 11.3 Å². The quantitative estimate of drug-likeness (QED) is 0.491. The predicted octanol–water partition coefficient (Wildman–Crippen LogP) is -1.49. The second-order valence-electron chi connectivity index (χ2n) is 2.61. The third-order valence-corrected chi connectivity index (χ3v) is 2.62. The average molecular weight is 218 g/mol. The number of thiazole rings is 1. The van der Waals surface area contributed by atoms with Gasteiger partial charge in [-0.25, -0.2) is 4.98 Å². The molecule has 0 radical (unpaired) electrons. The van der Waals surface area contributed by atoms with Gasteiger partial charge in [-0.3, -0.25) is 4.79 Å². The number of aliphatic hydroxyl groups excluding tert-OH is 3. The van der Waals surface area contributed by atoms with Crippen molar-refractivity contribution >= 4 is 17.2 Å². The minimum atomic E-state index is -1.67. The van der Waals surface area contributed by atoms with E-state index in [1.165, 1.54) is 6.20 Å². The van der Waals surface area contributed by atoms with Gasteiger partial charge in [-0.1, -0.05) is 0 Å². The normalized spacial score (nSPS) is 15.1. The third-order valence-electron chi connectivity index (χ3n) is 1.57. The highest BCUT2D eigenvalue weighted by Gasteiger charge is 2.25. The summed E-state index contributed by atoms with van der Waals surface area (Å²) in [6.07, 6.45) is -1.75. The standard InChI is InChI=1S/C7H10N2O4S/c8-6(13)4(11)5(12)7-9-1-3(2-10)14-7/h1,4-5,10-12H,2H2,(H2,8,13). The zero-order valence-corrected chi connectivity index (χ0v) is 7.94. The number of aliphatic hydroxyl groups is 3. The largest absolute Gasteiger partial charge is 0.391 e. The molecule has 2 atom stereocenters. The molecule has 0 saturated heterocycles. The molecule has 1 rings (SSSR count). The van der Waals surface area contributed by atoms with Gasteiger partial charge in [-0.05, 0) is 0 Å². The molecule has 6 nitrogen and oxygen atoms in total. The third kappa shape index (κ3) is 2.26. The monoisotopic (exact) mass is 218 g/mol. The van der Waals surface area contributed by atoms with Crippen molar-refractivity contribution in [3.63, 3.8) is 0 Å². The van der Waals surface area contributed by atoms with Crippen molar-refractivity contribution in [2.24, 2.45) is 5.73 Å². The number of aromatic nitrogens is 1. The summed E-state index contributed by atoms with van der Waals surface area (Å²) in [5.74, 6) is -1.02. The van der Waals surface area contributed by atoms with E-state index in [2.05, 4.69) is 4.98 Å². The van der Waals surface area contributed by atoms with Crippen molar-refractivity contribution in [3.8, 4) is 0 Å². The molecule has 0 spiro atoms. The summed E-state index contributed by atoms with van der Waals surface area (Å²) in [4.78, 5) is 14.8. The number of rotatable bonds is 4. The minimum Gasteiger partial charge on any atom is -0.391 e. The molecule has 0 bridgehead atoms. The molecular formula is C7H10N2O4S. The Bertz CT molecular complexity index is 327. The van der Waals surface area contributed by atoms with E-state index in [1.807, 2.05) is 0 Å². The van der Waals surface area contributed by atoms with Gasteiger partial charge in [0.1, 0.15) is 11.1 Å².